The van der Waals surface area contributed by atoms with Crippen molar-refractivity contribution in [1.82, 2.24) is 29.8 Å². The van der Waals surface area contributed by atoms with Gasteiger partial charge in [-0.05, 0) is 28.1 Å². The molecule has 3 aromatic rings. The third-order valence-corrected chi connectivity index (χ3v) is 4.83. The van der Waals surface area contributed by atoms with Crippen molar-refractivity contribution in [3.05, 3.63) is 52.1 Å². The van der Waals surface area contributed by atoms with Crippen LogP contribution in [0.15, 0.2) is 35.2 Å². The molecule has 0 aromatic carbocycles. The molecule has 0 unspecified atom stereocenters. The van der Waals surface area contributed by atoms with Gasteiger partial charge < -0.3 is 15.7 Å². The fraction of sp³-hybridized carbons (Fsp3) is 0.294. The second-order valence-corrected chi connectivity index (χ2v) is 7.02. The van der Waals surface area contributed by atoms with Gasteiger partial charge in [-0.3, -0.25) is 13.9 Å². The van der Waals surface area contributed by atoms with Gasteiger partial charge in [0.2, 0.25) is 0 Å². The lowest BCUT2D eigenvalue weighted by Gasteiger charge is -2.16. The number of carboxylic acids is 1. The summed E-state index contributed by atoms with van der Waals surface area (Å²) in [5.41, 5.74) is 3.30. The van der Waals surface area contributed by atoms with Crippen LogP contribution in [0.25, 0.3) is 5.65 Å². The number of alkyl halides is 3. The molecule has 1 amide bonds. The topological polar surface area (TPSA) is 114 Å². The number of aliphatic carboxylic acids is 1. The lowest BCUT2D eigenvalue weighted by Crippen LogP contribution is -2.30. The summed E-state index contributed by atoms with van der Waals surface area (Å²) < 4.78 is 36.4. The van der Waals surface area contributed by atoms with Crippen molar-refractivity contribution < 1.29 is 27.9 Å². The smallest absolute Gasteiger partial charge is 0.475 e. The van der Waals surface area contributed by atoms with Crippen molar-refractivity contribution in [3.8, 4) is 0 Å². The van der Waals surface area contributed by atoms with E-state index in [0.717, 1.165) is 41.1 Å². The minimum atomic E-state index is -5.08. The maximum absolute atomic E-state index is 12.3. The van der Waals surface area contributed by atoms with Crippen molar-refractivity contribution >= 4 is 33.5 Å². The van der Waals surface area contributed by atoms with Crippen LogP contribution in [0.2, 0.25) is 0 Å². The Morgan fingerprint density at radius 2 is 2.07 bits per heavy atom. The number of hydrogen-bond acceptors (Lipinski definition) is 5. The van der Waals surface area contributed by atoms with Gasteiger partial charge in [-0.1, -0.05) is 6.07 Å². The van der Waals surface area contributed by atoms with Gasteiger partial charge in [0.05, 0.1) is 23.0 Å². The molecule has 0 fully saturated rings. The van der Waals surface area contributed by atoms with E-state index in [1.165, 1.54) is 0 Å². The average Bonchev–Trinajstić information content (AvgIpc) is 3.31. The summed E-state index contributed by atoms with van der Waals surface area (Å²) in [6.45, 7) is 3.03. The third kappa shape index (κ3) is 4.97. The maximum Gasteiger partial charge on any atom is 0.490 e. The minimum Gasteiger partial charge on any atom is -0.475 e. The van der Waals surface area contributed by atoms with Crippen molar-refractivity contribution in [1.29, 1.82) is 0 Å². The van der Waals surface area contributed by atoms with Crippen LogP contribution >= 0.6 is 15.9 Å². The average molecular weight is 489 g/mol. The summed E-state index contributed by atoms with van der Waals surface area (Å²) in [5, 5.41) is 17.7. The Morgan fingerprint density at radius 3 is 2.73 bits per heavy atom. The van der Waals surface area contributed by atoms with Gasteiger partial charge in [0.1, 0.15) is 11.3 Å². The Balaban J connectivity index is 0.000000318. The third-order valence-electron chi connectivity index (χ3n) is 4.18. The number of hydrogen-bond donors (Lipinski definition) is 3. The lowest BCUT2D eigenvalue weighted by molar-refractivity contribution is -0.192. The van der Waals surface area contributed by atoms with Crippen LogP contribution in [0.3, 0.4) is 0 Å². The van der Waals surface area contributed by atoms with E-state index < -0.39 is 12.1 Å². The summed E-state index contributed by atoms with van der Waals surface area (Å²) in [7, 11) is 0. The molecule has 0 saturated carbocycles. The number of carboxylic acid groups (broad SMARTS) is 1. The quantitative estimate of drug-likeness (QED) is 0.485. The van der Waals surface area contributed by atoms with Gasteiger partial charge in [0.15, 0.2) is 0 Å². The zero-order valence-electron chi connectivity index (χ0n) is 15.3. The number of nitrogens with zero attached hydrogens (tertiary/aromatic N) is 4. The molecule has 1 aliphatic rings. The molecular formula is C17H16BrF3N6O3. The standard InChI is InChI=1S/C15H15BrN6O.C2HF3O2/c16-13-2-1-3-14-20-11(9-21(13)14)15(23)18-6-10-7-19-22-5-4-17-8-12(10)22;3-2(4,5)1(6)7/h1-3,7,9,17H,4-6,8H2,(H,18,23);(H,6,7). The van der Waals surface area contributed by atoms with Gasteiger partial charge in [-0.2, -0.15) is 18.3 Å². The first-order valence-corrected chi connectivity index (χ1v) is 9.42. The molecular weight excluding hydrogens is 473 g/mol. The predicted molar refractivity (Wildman–Crippen MR) is 102 cm³/mol. The number of halogens is 4. The molecule has 30 heavy (non-hydrogen) atoms. The molecule has 0 bridgehead atoms. The first-order chi connectivity index (χ1) is 14.2. The summed E-state index contributed by atoms with van der Waals surface area (Å²) in [4.78, 5) is 25.6. The number of imidazole rings is 1. The van der Waals surface area contributed by atoms with Crippen LogP contribution in [0, 0.1) is 0 Å². The van der Waals surface area contributed by atoms with Crippen molar-refractivity contribution in [3.63, 3.8) is 0 Å². The number of nitrogens with one attached hydrogen (secondary N) is 2. The Labute approximate surface area is 176 Å². The highest BCUT2D eigenvalue weighted by Crippen LogP contribution is 2.15. The van der Waals surface area contributed by atoms with Crippen LogP contribution in [0.4, 0.5) is 13.2 Å². The van der Waals surface area contributed by atoms with E-state index in [1.54, 1.807) is 6.20 Å². The minimum absolute atomic E-state index is 0.190. The van der Waals surface area contributed by atoms with Gasteiger partial charge in [0, 0.05) is 31.4 Å². The van der Waals surface area contributed by atoms with Crippen LogP contribution < -0.4 is 10.6 Å². The van der Waals surface area contributed by atoms with Gasteiger partial charge in [-0.15, -0.1) is 0 Å². The number of amides is 1. The summed E-state index contributed by atoms with van der Waals surface area (Å²) in [6.07, 6.45) is -1.54. The normalized spacial score (nSPS) is 13.3. The van der Waals surface area contributed by atoms with Gasteiger partial charge in [-0.25, -0.2) is 9.78 Å². The van der Waals surface area contributed by atoms with Crippen LogP contribution in [0.1, 0.15) is 21.7 Å². The number of fused-ring (bicyclic) bond motifs is 2. The second-order valence-electron chi connectivity index (χ2n) is 6.20. The number of pyridine rings is 1. The molecule has 3 aromatic heterocycles. The summed E-state index contributed by atoms with van der Waals surface area (Å²) >= 11 is 3.44. The largest absolute Gasteiger partial charge is 0.490 e. The molecule has 0 aliphatic carbocycles. The van der Waals surface area contributed by atoms with Gasteiger partial charge >= 0.3 is 12.1 Å². The molecule has 0 radical (unpaired) electrons. The molecule has 0 atom stereocenters. The maximum atomic E-state index is 12.3. The van der Waals surface area contributed by atoms with E-state index in [2.05, 4.69) is 36.6 Å². The zero-order chi connectivity index (χ0) is 21.9. The van der Waals surface area contributed by atoms with Crippen molar-refractivity contribution in [2.75, 3.05) is 6.54 Å². The van der Waals surface area contributed by atoms with Crippen LogP contribution in [-0.2, 0) is 24.4 Å². The van der Waals surface area contributed by atoms with E-state index in [4.69, 9.17) is 9.90 Å². The van der Waals surface area contributed by atoms with E-state index in [9.17, 15) is 18.0 Å². The molecule has 3 N–H and O–H groups in total. The van der Waals surface area contributed by atoms with E-state index in [0.29, 0.717) is 12.2 Å². The molecule has 9 nitrogen and oxygen atoms in total. The van der Waals surface area contributed by atoms with Crippen LogP contribution in [-0.4, -0.2) is 48.9 Å². The lowest BCUT2D eigenvalue weighted by atomic mass is 10.2. The number of carbonyl (C=O) groups excluding carboxylic acids is 1. The molecule has 1 aliphatic heterocycles. The molecule has 4 heterocycles. The first kappa shape index (κ1) is 21.8. The summed E-state index contributed by atoms with van der Waals surface area (Å²) in [6, 6.07) is 5.66. The predicted octanol–water partition coefficient (Wildman–Crippen LogP) is 1.96. The highest BCUT2D eigenvalue weighted by Gasteiger charge is 2.38. The van der Waals surface area contributed by atoms with Crippen molar-refractivity contribution in [2.45, 2.75) is 25.8 Å². The van der Waals surface area contributed by atoms with Crippen molar-refractivity contribution in [2.24, 2.45) is 0 Å². The van der Waals surface area contributed by atoms with E-state index >= 15 is 0 Å². The number of carbonyl (C=O) groups is 2. The number of rotatable bonds is 3. The monoisotopic (exact) mass is 488 g/mol. The Kier molecular flexibility index (Phi) is 6.41. The fourth-order valence-corrected chi connectivity index (χ4v) is 3.18. The first-order valence-electron chi connectivity index (χ1n) is 8.63. The van der Waals surface area contributed by atoms with Gasteiger partial charge in [0.25, 0.3) is 5.91 Å². The second kappa shape index (κ2) is 8.83. The molecule has 0 spiro atoms. The highest BCUT2D eigenvalue weighted by molar-refractivity contribution is 9.10. The SMILES string of the molecule is O=C(NCc1cnn2c1CNCC2)c1cn2c(Br)cccc2n1.O=C(O)C(F)(F)F. The summed E-state index contributed by atoms with van der Waals surface area (Å²) in [5.74, 6) is -2.95. The molecule has 0 saturated heterocycles. The van der Waals surface area contributed by atoms with E-state index in [1.807, 2.05) is 33.5 Å². The Bertz CT molecular complexity index is 1080. The van der Waals surface area contributed by atoms with Crippen LogP contribution in [0.5, 0.6) is 0 Å². The molecule has 13 heteroatoms. The zero-order valence-corrected chi connectivity index (χ0v) is 16.9. The van der Waals surface area contributed by atoms with E-state index in [-0.39, 0.29) is 5.91 Å². The fourth-order valence-electron chi connectivity index (χ4n) is 2.74. The highest BCUT2D eigenvalue weighted by atomic mass is 79.9. The molecule has 160 valence electrons. The Hall–Kier alpha value is -2.93. The number of aromatic nitrogens is 4. The Morgan fingerprint density at radius 1 is 1.33 bits per heavy atom. The molecule has 4 rings (SSSR count).